The molecule has 0 spiro atoms. The van der Waals surface area contributed by atoms with Crippen LogP contribution in [0.1, 0.15) is 79.5 Å². The monoisotopic (exact) mass is 518 g/mol. The van der Waals surface area contributed by atoms with Crippen LogP contribution in [0.3, 0.4) is 0 Å². The van der Waals surface area contributed by atoms with Gasteiger partial charge in [-0.25, -0.2) is 4.98 Å². The molecule has 0 atom stereocenters. The van der Waals surface area contributed by atoms with Gasteiger partial charge in [0.1, 0.15) is 0 Å². The fourth-order valence-corrected chi connectivity index (χ4v) is 5.08. The number of primary amides is 1. The molecule has 1 aromatic heterocycles. The Morgan fingerprint density at radius 3 is 2.21 bits per heavy atom. The number of anilines is 2. The van der Waals surface area contributed by atoms with Crippen molar-refractivity contribution >= 4 is 34.5 Å². The Hall–Kier alpha value is -3.39. The molecule has 3 N–H and O–H groups in total. The molecule has 0 bridgehead atoms. The van der Waals surface area contributed by atoms with Gasteiger partial charge >= 0.3 is 0 Å². The van der Waals surface area contributed by atoms with Gasteiger partial charge in [0.05, 0.1) is 11.0 Å². The summed E-state index contributed by atoms with van der Waals surface area (Å²) in [7, 11) is 0. The topological polar surface area (TPSA) is 96.5 Å². The Morgan fingerprint density at radius 2 is 1.58 bits per heavy atom. The number of fused-ring (bicyclic) bond motifs is 1. The highest BCUT2D eigenvalue weighted by Crippen LogP contribution is 2.26. The number of hydrogen-bond acceptors (Lipinski definition) is 5. The zero-order valence-corrected chi connectivity index (χ0v) is 22.9. The number of nitrogens with two attached hydrogens (primary N) is 1. The van der Waals surface area contributed by atoms with E-state index in [1.807, 2.05) is 35.2 Å². The van der Waals surface area contributed by atoms with Crippen molar-refractivity contribution in [2.75, 3.05) is 38.0 Å². The first-order chi connectivity index (χ1) is 18.5. The van der Waals surface area contributed by atoms with Gasteiger partial charge in [0.15, 0.2) is 0 Å². The number of aromatic nitrogens is 2. The first kappa shape index (κ1) is 27.6. The van der Waals surface area contributed by atoms with Gasteiger partial charge in [-0.3, -0.25) is 9.59 Å². The van der Waals surface area contributed by atoms with Gasteiger partial charge in [-0.05, 0) is 94.2 Å². The lowest BCUT2D eigenvalue weighted by molar-refractivity contribution is 0.0751. The summed E-state index contributed by atoms with van der Waals surface area (Å²) < 4.78 is 2.19. The lowest BCUT2D eigenvalue weighted by Gasteiger charge is -2.22. The van der Waals surface area contributed by atoms with Gasteiger partial charge < -0.3 is 25.4 Å². The van der Waals surface area contributed by atoms with Crippen LogP contribution in [0.2, 0.25) is 0 Å². The third-order valence-corrected chi connectivity index (χ3v) is 7.33. The van der Waals surface area contributed by atoms with Crippen molar-refractivity contribution in [3.63, 3.8) is 0 Å². The minimum atomic E-state index is -0.449. The maximum atomic E-state index is 13.5. The summed E-state index contributed by atoms with van der Waals surface area (Å²) in [6.45, 7) is 10.1. The molecule has 1 aliphatic heterocycles. The number of imidazole rings is 1. The molecule has 0 aliphatic carbocycles. The van der Waals surface area contributed by atoms with E-state index in [9.17, 15) is 9.59 Å². The van der Waals surface area contributed by atoms with Crippen molar-refractivity contribution < 1.29 is 9.59 Å². The van der Waals surface area contributed by atoms with Gasteiger partial charge in [0.2, 0.25) is 11.9 Å². The lowest BCUT2D eigenvalue weighted by Crippen LogP contribution is -2.33. The smallest absolute Gasteiger partial charge is 0.253 e. The third-order valence-electron chi connectivity index (χ3n) is 7.33. The standard InChI is InChI=1S/C30H42N6O2/c1-3-5-19-35(20-6-4-2)29(38)24-12-15-26-27(22-24)36(21-9-18-34-16-7-8-17-34)30(33-26)32-25-13-10-23(11-14-25)28(31)37/h10-15,22H,3-9,16-21H2,1-2H3,(H2,31,37)(H,32,33). The summed E-state index contributed by atoms with van der Waals surface area (Å²) >= 11 is 0. The fourth-order valence-electron chi connectivity index (χ4n) is 5.08. The van der Waals surface area contributed by atoms with E-state index in [-0.39, 0.29) is 5.91 Å². The number of amides is 2. The van der Waals surface area contributed by atoms with Crippen molar-refractivity contribution in [1.29, 1.82) is 0 Å². The molecule has 2 aromatic carbocycles. The van der Waals surface area contributed by atoms with Crippen LogP contribution >= 0.6 is 0 Å². The van der Waals surface area contributed by atoms with E-state index < -0.39 is 5.91 Å². The molecule has 1 aliphatic rings. The van der Waals surface area contributed by atoms with Crippen LogP contribution in [-0.4, -0.2) is 63.9 Å². The Labute approximate surface area is 226 Å². The molecular formula is C30H42N6O2. The Balaban J connectivity index is 1.62. The minimum absolute atomic E-state index is 0.0927. The SMILES string of the molecule is CCCCN(CCCC)C(=O)c1ccc2nc(Nc3ccc(C(N)=O)cc3)n(CCCN3CCCC3)c2c1. The van der Waals surface area contributed by atoms with Crippen LogP contribution in [0, 0.1) is 0 Å². The highest BCUT2D eigenvalue weighted by Gasteiger charge is 2.19. The number of benzene rings is 2. The normalized spacial score (nSPS) is 13.7. The second-order valence-corrected chi connectivity index (χ2v) is 10.3. The zero-order chi connectivity index (χ0) is 26.9. The highest BCUT2D eigenvalue weighted by molar-refractivity contribution is 5.98. The number of rotatable bonds is 14. The van der Waals surface area contributed by atoms with Crippen LogP contribution < -0.4 is 11.1 Å². The summed E-state index contributed by atoms with van der Waals surface area (Å²) in [4.78, 5) is 34.4. The first-order valence-corrected chi connectivity index (χ1v) is 14.2. The second kappa shape index (κ2) is 13.4. The minimum Gasteiger partial charge on any atom is -0.366 e. The number of carbonyl (C=O) groups excluding carboxylic acids is 2. The Morgan fingerprint density at radius 1 is 0.921 bits per heavy atom. The molecule has 8 heteroatoms. The molecule has 2 heterocycles. The maximum Gasteiger partial charge on any atom is 0.253 e. The highest BCUT2D eigenvalue weighted by atomic mass is 16.2. The summed E-state index contributed by atoms with van der Waals surface area (Å²) in [5.41, 5.74) is 9.22. The van der Waals surface area contributed by atoms with Gasteiger partial charge in [-0.1, -0.05) is 26.7 Å². The summed E-state index contributed by atoms with van der Waals surface area (Å²) in [6, 6.07) is 13.0. The van der Waals surface area contributed by atoms with E-state index in [1.165, 1.54) is 25.9 Å². The lowest BCUT2D eigenvalue weighted by atomic mass is 10.1. The molecule has 1 fully saturated rings. The number of carbonyl (C=O) groups is 2. The number of nitrogens with zero attached hydrogens (tertiary/aromatic N) is 4. The Kier molecular flexibility index (Phi) is 9.76. The molecule has 3 aromatic rings. The quantitative estimate of drug-likeness (QED) is 0.298. The van der Waals surface area contributed by atoms with Gasteiger partial charge in [-0.2, -0.15) is 0 Å². The molecule has 0 unspecified atom stereocenters. The predicted octanol–water partition coefficient (Wildman–Crippen LogP) is 5.41. The third kappa shape index (κ3) is 6.92. The average Bonchev–Trinajstić information content (AvgIpc) is 3.56. The van der Waals surface area contributed by atoms with E-state index in [2.05, 4.69) is 28.6 Å². The largest absolute Gasteiger partial charge is 0.366 e. The van der Waals surface area contributed by atoms with E-state index >= 15 is 0 Å². The molecule has 4 rings (SSSR count). The molecule has 1 saturated heterocycles. The Bertz CT molecular complexity index is 1210. The van der Waals surface area contributed by atoms with Crippen molar-refractivity contribution in [3.05, 3.63) is 53.6 Å². The van der Waals surface area contributed by atoms with Crippen LogP contribution in [0.25, 0.3) is 11.0 Å². The van der Waals surface area contributed by atoms with Gasteiger partial charge in [0.25, 0.3) is 5.91 Å². The second-order valence-electron chi connectivity index (χ2n) is 10.3. The summed E-state index contributed by atoms with van der Waals surface area (Å²) in [5.74, 6) is 0.372. The van der Waals surface area contributed by atoms with Crippen LogP contribution in [0.15, 0.2) is 42.5 Å². The maximum absolute atomic E-state index is 13.5. The molecular weight excluding hydrogens is 476 g/mol. The molecule has 204 valence electrons. The fraction of sp³-hybridized carbons (Fsp3) is 0.500. The van der Waals surface area contributed by atoms with E-state index in [0.29, 0.717) is 11.1 Å². The van der Waals surface area contributed by atoms with Crippen LogP contribution in [-0.2, 0) is 6.54 Å². The number of nitrogens with one attached hydrogen (secondary N) is 1. The zero-order valence-electron chi connectivity index (χ0n) is 22.9. The summed E-state index contributed by atoms with van der Waals surface area (Å²) in [6.07, 6.45) is 7.70. The van der Waals surface area contributed by atoms with E-state index in [1.54, 1.807) is 12.1 Å². The van der Waals surface area contributed by atoms with Gasteiger partial charge in [-0.15, -0.1) is 0 Å². The average molecular weight is 519 g/mol. The molecule has 2 amide bonds. The van der Waals surface area contributed by atoms with Crippen LogP contribution in [0.5, 0.6) is 0 Å². The number of unbranched alkanes of at least 4 members (excludes halogenated alkanes) is 2. The van der Waals surface area contributed by atoms with Crippen LogP contribution in [0.4, 0.5) is 11.6 Å². The van der Waals surface area contributed by atoms with E-state index in [4.69, 9.17) is 10.7 Å². The van der Waals surface area contributed by atoms with Crippen molar-refractivity contribution in [2.45, 2.75) is 65.3 Å². The first-order valence-electron chi connectivity index (χ1n) is 14.2. The number of likely N-dealkylation sites (tertiary alicyclic amines) is 1. The number of aryl methyl sites for hydroxylation is 1. The molecule has 38 heavy (non-hydrogen) atoms. The summed E-state index contributed by atoms with van der Waals surface area (Å²) in [5, 5.41) is 3.42. The van der Waals surface area contributed by atoms with Gasteiger partial charge in [0, 0.05) is 36.4 Å². The number of hydrogen-bond donors (Lipinski definition) is 2. The van der Waals surface area contributed by atoms with Crippen molar-refractivity contribution in [1.82, 2.24) is 19.4 Å². The molecule has 0 radical (unpaired) electrons. The van der Waals surface area contributed by atoms with Crippen molar-refractivity contribution in [3.8, 4) is 0 Å². The predicted molar refractivity (Wildman–Crippen MR) is 154 cm³/mol. The molecule has 0 saturated carbocycles. The van der Waals surface area contributed by atoms with E-state index in [0.717, 1.165) is 81.0 Å². The molecule has 8 nitrogen and oxygen atoms in total. The van der Waals surface area contributed by atoms with Crippen molar-refractivity contribution in [2.24, 2.45) is 5.73 Å².